The number of aryl methyl sites for hydroxylation is 1. The van der Waals surface area contributed by atoms with Crippen LogP contribution in [0.3, 0.4) is 0 Å². The van der Waals surface area contributed by atoms with Gasteiger partial charge in [0.25, 0.3) is 0 Å². The number of alkyl carbamates (subject to hydrolysis) is 1. The van der Waals surface area contributed by atoms with Gasteiger partial charge < -0.3 is 10.1 Å². The van der Waals surface area contributed by atoms with Gasteiger partial charge in [-0.15, -0.1) is 0 Å². The Morgan fingerprint density at radius 1 is 1.47 bits per heavy atom. The zero-order valence-corrected chi connectivity index (χ0v) is 11.4. The summed E-state index contributed by atoms with van der Waals surface area (Å²) in [4.78, 5) is 27.9. The summed E-state index contributed by atoms with van der Waals surface area (Å²) in [5.41, 5.74) is 1.01. The second-order valence-corrected chi connectivity index (χ2v) is 5.63. The molecule has 1 aliphatic carbocycles. The van der Waals surface area contributed by atoms with Gasteiger partial charge in [-0.25, -0.2) is 4.79 Å². The zero-order chi connectivity index (χ0) is 14.0. The third kappa shape index (κ3) is 3.30. The van der Waals surface area contributed by atoms with Gasteiger partial charge in [0, 0.05) is 18.0 Å². The fourth-order valence-corrected chi connectivity index (χ4v) is 2.07. The van der Waals surface area contributed by atoms with Crippen LogP contribution in [0.5, 0.6) is 0 Å². The number of aromatic nitrogens is 1. The van der Waals surface area contributed by atoms with E-state index in [-0.39, 0.29) is 5.78 Å². The second-order valence-electron chi connectivity index (χ2n) is 5.63. The van der Waals surface area contributed by atoms with Gasteiger partial charge in [-0.05, 0) is 45.2 Å². The van der Waals surface area contributed by atoms with Gasteiger partial charge >= 0.3 is 6.09 Å². The second kappa shape index (κ2) is 4.99. The van der Waals surface area contributed by atoms with E-state index in [2.05, 4.69) is 10.3 Å². The van der Waals surface area contributed by atoms with E-state index >= 15 is 0 Å². The molecule has 0 spiro atoms. The first kappa shape index (κ1) is 13.5. The highest BCUT2D eigenvalue weighted by atomic mass is 16.6. The first-order chi connectivity index (χ1) is 8.87. The summed E-state index contributed by atoms with van der Waals surface area (Å²) in [5.74, 6) is -0.0745. The van der Waals surface area contributed by atoms with Gasteiger partial charge in [0.15, 0.2) is 5.78 Å². The van der Waals surface area contributed by atoms with Crippen molar-refractivity contribution >= 4 is 11.9 Å². The zero-order valence-electron chi connectivity index (χ0n) is 11.4. The molecule has 1 unspecified atom stereocenters. The van der Waals surface area contributed by atoms with Crippen molar-refractivity contribution in [1.82, 2.24) is 10.3 Å². The Morgan fingerprint density at radius 3 is 2.89 bits per heavy atom. The van der Waals surface area contributed by atoms with Crippen molar-refractivity contribution in [3.05, 3.63) is 29.6 Å². The van der Waals surface area contributed by atoms with Crippen molar-refractivity contribution in [2.24, 2.45) is 0 Å². The van der Waals surface area contributed by atoms with Crippen LogP contribution in [-0.4, -0.2) is 28.5 Å². The van der Waals surface area contributed by atoms with Gasteiger partial charge in [0.2, 0.25) is 0 Å². The maximum absolute atomic E-state index is 12.2. The van der Waals surface area contributed by atoms with E-state index in [1.807, 2.05) is 0 Å². The fraction of sp³-hybridized carbons (Fsp3) is 0.500. The number of carbonyl (C=O) groups excluding carboxylic acids is 2. The van der Waals surface area contributed by atoms with Crippen LogP contribution in [0.25, 0.3) is 0 Å². The largest absolute Gasteiger partial charge is 0.444 e. The monoisotopic (exact) mass is 262 g/mol. The van der Waals surface area contributed by atoms with Crippen LogP contribution in [0, 0.1) is 0 Å². The lowest BCUT2D eigenvalue weighted by Crippen LogP contribution is -2.45. The highest BCUT2D eigenvalue weighted by Crippen LogP contribution is 2.20. The minimum absolute atomic E-state index is 0.0745. The first-order valence-corrected chi connectivity index (χ1v) is 6.33. The summed E-state index contributed by atoms with van der Waals surface area (Å²) in [6, 6.07) is 1.19. The molecule has 1 atom stereocenters. The highest BCUT2D eigenvalue weighted by molar-refractivity contribution is 6.03. The number of ketones is 1. The molecule has 0 aliphatic heterocycles. The Hall–Kier alpha value is -1.91. The summed E-state index contributed by atoms with van der Waals surface area (Å²) in [5, 5.41) is 2.63. The van der Waals surface area contributed by atoms with Gasteiger partial charge in [0.05, 0.1) is 6.04 Å². The van der Waals surface area contributed by atoms with E-state index < -0.39 is 17.7 Å². The number of nitrogens with zero attached hydrogens (tertiary/aromatic N) is 1. The van der Waals surface area contributed by atoms with Crippen molar-refractivity contribution in [2.45, 2.75) is 45.3 Å². The molecule has 1 heterocycles. The summed E-state index contributed by atoms with van der Waals surface area (Å²) in [6.45, 7) is 5.36. The normalized spacial score (nSPS) is 18.7. The molecule has 1 amide bonds. The molecule has 5 heteroatoms. The maximum Gasteiger partial charge on any atom is 0.408 e. The molecule has 2 rings (SSSR count). The third-order valence-corrected chi connectivity index (χ3v) is 2.88. The Bertz CT molecular complexity index is 506. The number of fused-ring (bicyclic) bond motifs is 1. The molecule has 102 valence electrons. The number of rotatable bonds is 1. The minimum atomic E-state index is -0.566. The molecular weight excluding hydrogens is 244 g/mol. The fourth-order valence-electron chi connectivity index (χ4n) is 2.07. The lowest BCUT2D eigenvalue weighted by Gasteiger charge is -2.26. The van der Waals surface area contributed by atoms with Gasteiger partial charge in [-0.3, -0.25) is 9.78 Å². The summed E-state index contributed by atoms with van der Waals surface area (Å²) in [7, 11) is 0. The van der Waals surface area contributed by atoms with Crippen LogP contribution in [0.2, 0.25) is 0 Å². The predicted octanol–water partition coefficient (Wildman–Crippen LogP) is 2.10. The summed E-state index contributed by atoms with van der Waals surface area (Å²) < 4.78 is 5.16. The number of amides is 1. The van der Waals surface area contributed by atoms with Crippen LogP contribution in [0.1, 0.15) is 43.1 Å². The van der Waals surface area contributed by atoms with E-state index in [0.717, 1.165) is 12.0 Å². The maximum atomic E-state index is 12.2. The standard InChI is InChI=1S/C14H18N2O3/c1-14(2,3)19-13(18)16-11-5-4-9-8-15-7-6-10(9)12(11)17/h6-8,11H,4-5H2,1-3H3,(H,16,18). The van der Waals surface area contributed by atoms with Gasteiger partial charge in [-0.2, -0.15) is 0 Å². The number of carbonyl (C=O) groups is 2. The van der Waals surface area contributed by atoms with E-state index in [1.165, 1.54) is 0 Å². The number of hydrogen-bond acceptors (Lipinski definition) is 4. The molecule has 19 heavy (non-hydrogen) atoms. The van der Waals surface area contributed by atoms with Crippen molar-refractivity contribution in [2.75, 3.05) is 0 Å². The van der Waals surface area contributed by atoms with E-state index in [0.29, 0.717) is 12.0 Å². The number of hydrogen-bond donors (Lipinski definition) is 1. The SMILES string of the molecule is CC(C)(C)OC(=O)NC1CCc2cnccc2C1=O. The minimum Gasteiger partial charge on any atom is -0.444 e. The van der Waals surface area contributed by atoms with Crippen LogP contribution in [-0.2, 0) is 11.2 Å². The van der Waals surface area contributed by atoms with Crippen molar-refractivity contribution in [3.8, 4) is 0 Å². The first-order valence-electron chi connectivity index (χ1n) is 6.33. The van der Waals surface area contributed by atoms with Gasteiger partial charge in [-0.1, -0.05) is 0 Å². The molecule has 1 aromatic rings. The van der Waals surface area contributed by atoms with E-state index in [1.54, 1.807) is 39.2 Å². The molecular formula is C14H18N2O3. The molecule has 0 saturated heterocycles. The van der Waals surface area contributed by atoms with E-state index in [9.17, 15) is 9.59 Å². The van der Waals surface area contributed by atoms with Crippen LogP contribution in [0.4, 0.5) is 4.79 Å². The number of pyridine rings is 1. The smallest absolute Gasteiger partial charge is 0.408 e. The van der Waals surface area contributed by atoms with Gasteiger partial charge in [0.1, 0.15) is 5.60 Å². The number of nitrogens with one attached hydrogen (secondary N) is 1. The van der Waals surface area contributed by atoms with Crippen molar-refractivity contribution in [1.29, 1.82) is 0 Å². The molecule has 1 aromatic heterocycles. The molecule has 0 aromatic carbocycles. The predicted molar refractivity (Wildman–Crippen MR) is 70.0 cm³/mol. The average molecular weight is 262 g/mol. The topological polar surface area (TPSA) is 68.3 Å². The molecule has 0 fully saturated rings. The molecule has 1 N–H and O–H groups in total. The molecule has 0 radical (unpaired) electrons. The lowest BCUT2D eigenvalue weighted by atomic mass is 9.88. The van der Waals surface area contributed by atoms with Crippen molar-refractivity contribution in [3.63, 3.8) is 0 Å². The van der Waals surface area contributed by atoms with Crippen LogP contribution in [0.15, 0.2) is 18.5 Å². The van der Waals surface area contributed by atoms with Crippen molar-refractivity contribution < 1.29 is 14.3 Å². The molecule has 0 saturated carbocycles. The third-order valence-electron chi connectivity index (χ3n) is 2.88. The molecule has 5 nitrogen and oxygen atoms in total. The Kier molecular flexibility index (Phi) is 3.55. The average Bonchev–Trinajstić information content (AvgIpc) is 2.31. The van der Waals surface area contributed by atoms with E-state index in [4.69, 9.17) is 4.74 Å². The Morgan fingerprint density at radius 2 is 2.21 bits per heavy atom. The number of Topliss-reactive ketones (excluding diaryl/α,β-unsaturated/α-hetero) is 1. The molecule has 1 aliphatic rings. The Labute approximate surface area is 112 Å². The van der Waals surface area contributed by atoms with Crippen LogP contribution >= 0.6 is 0 Å². The highest BCUT2D eigenvalue weighted by Gasteiger charge is 2.29. The quantitative estimate of drug-likeness (QED) is 0.841. The number of ether oxygens (including phenoxy) is 1. The lowest BCUT2D eigenvalue weighted by molar-refractivity contribution is 0.0486. The summed E-state index contributed by atoms with van der Waals surface area (Å²) >= 11 is 0. The Balaban J connectivity index is 2.05. The summed E-state index contributed by atoms with van der Waals surface area (Å²) in [6.07, 6.45) is 4.05. The molecule has 0 bridgehead atoms. The van der Waals surface area contributed by atoms with Crippen LogP contribution < -0.4 is 5.32 Å².